The SMILES string of the molecule is O=C(CCS(=O)(=O)c1ccc2c(c1)NC(=O)CS2)Nc1ccc(Cl)cc1F. The van der Waals surface area contributed by atoms with Gasteiger partial charge < -0.3 is 10.6 Å². The van der Waals surface area contributed by atoms with E-state index < -0.39 is 27.3 Å². The largest absolute Gasteiger partial charge is 0.324 e. The Hall–Kier alpha value is -2.10. The third-order valence-corrected chi connectivity index (χ3v) is 6.77. The standard InChI is InChI=1S/C17H14ClFN2O4S2/c18-10-1-3-13(12(19)7-10)20-16(22)5-6-27(24,25)11-2-4-15-14(8-11)21-17(23)9-26-15/h1-4,7-8H,5-6,9H2,(H,20,22)(H,21,23). The van der Waals surface area contributed by atoms with Crippen molar-refractivity contribution >= 4 is 56.4 Å². The number of amides is 2. The molecule has 0 radical (unpaired) electrons. The molecule has 2 N–H and O–H groups in total. The molecule has 0 aliphatic carbocycles. The van der Waals surface area contributed by atoms with E-state index in [1.807, 2.05) is 0 Å². The molecular formula is C17H14ClFN2O4S2. The molecule has 0 unspecified atom stereocenters. The molecule has 10 heteroatoms. The summed E-state index contributed by atoms with van der Waals surface area (Å²) < 4.78 is 38.6. The van der Waals surface area contributed by atoms with E-state index in [-0.39, 0.29) is 33.7 Å². The Morgan fingerprint density at radius 2 is 2.04 bits per heavy atom. The van der Waals surface area contributed by atoms with Gasteiger partial charge in [-0.25, -0.2) is 12.8 Å². The van der Waals surface area contributed by atoms with Crippen LogP contribution >= 0.6 is 23.4 Å². The summed E-state index contributed by atoms with van der Waals surface area (Å²) in [5, 5.41) is 5.13. The monoisotopic (exact) mass is 428 g/mol. The first-order valence-electron chi connectivity index (χ1n) is 7.79. The molecule has 3 rings (SSSR count). The van der Waals surface area contributed by atoms with Gasteiger partial charge in [-0.2, -0.15) is 0 Å². The summed E-state index contributed by atoms with van der Waals surface area (Å²) in [5.41, 5.74) is 0.361. The summed E-state index contributed by atoms with van der Waals surface area (Å²) in [7, 11) is -3.75. The summed E-state index contributed by atoms with van der Waals surface area (Å²) >= 11 is 6.96. The normalized spacial score (nSPS) is 13.6. The Kier molecular flexibility index (Phi) is 5.73. The van der Waals surface area contributed by atoms with E-state index in [2.05, 4.69) is 10.6 Å². The average molecular weight is 429 g/mol. The van der Waals surface area contributed by atoms with Crippen LogP contribution in [0.2, 0.25) is 5.02 Å². The van der Waals surface area contributed by atoms with Crippen molar-refractivity contribution < 1.29 is 22.4 Å². The van der Waals surface area contributed by atoms with E-state index in [1.165, 1.54) is 36.0 Å². The molecule has 0 saturated heterocycles. The molecule has 27 heavy (non-hydrogen) atoms. The molecule has 2 amide bonds. The number of nitrogens with one attached hydrogen (secondary N) is 2. The Morgan fingerprint density at radius 3 is 2.78 bits per heavy atom. The highest BCUT2D eigenvalue weighted by molar-refractivity contribution is 8.00. The first-order chi connectivity index (χ1) is 12.7. The van der Waals surface area contributed by atoms with E-state index >= 15 is 0 Å². The second-order valence-electron chi connectivity index (χ2n) is 5.74. The summed E-state index contributed by atoms with van der Waals surface area (Å²) in [6.45, 7) is 0. The lowest BCUT2D eigenvalue weighted by Crippen LogP contribution is -2.20. The van der Waals surface area contributed by atoms with Gasteiger partial charge in [-0.1, -0.05) is 11.6 Å². The van der Waals surface area contributed by atoms with Crippen LogP contribution in [0, 0.1) is 5.82 Å². The molecule has 0 spiro atoms. The number of rotatable bonds is 5. The average Bonchev–Trinajstić information content (AvgIpc) is 2.62. The lowest BCUT2D eigenvalue weighted by molar-refractivity contribution is -0.116. The molecule has 2 aromatic carbocycles. The second kappa shape index (κ2) is 7.87. The van der Waals surface area contributed by atoms with Gasteiger partial charge in [-0.15, -0.1) is 11.8 Å². The number of hydrogen-bond acceptors (Lipinski definition) is 5. The summed E-state index contributed by atoms with van der Waals surface area (Å²) in [6.07, 6.45) is -0.345. The van der Waals surface area contributed by atoms with Gasteiger partial charge in [0.25, 0.3) is 0 Å². The zero-order valence-electron chi connectivity index (χ0n) is 13.8. The second-order valence-corrected chi connectivity index (χ2v) is 9.30. The van der Waals surface area contributed by atoms with Crippen LogP contribution < -0.4 is 10.6 Å². The maximum atomic E-state index is 13.7. The number of carbonyl (C=O) groups is 2. The highest BCUT2D eigenvalue weighted by Gasteiger charge is 2.21. The van der Waals surface area contributed by atoms with Crippen molar-refractivity contribution in [2.24, 2.45) is 0 Å². The predicted molar refractivity (Wildman–Crippen MR) is 103 cm³/mol. The Balaban J connectivity index is 1.67. The molecule has 2 aromatic rings. The van der Waals surface area contributed by atoms with Crippen molar-refractivity contribution in [2.75, 3.05) is 22.1 Å². The van der Waals surface area contributed by atoms with Crippen molar-refractivity contribution in [2.45, 2.75) is 16.2 Å². The van der Waals surface area contributed by atoms with E-state index in [0.717, 1.165) is 11.0 Å². The van der Waals surface area contributed by atoms with E-state index in [1.54, 1.807) is 6.07 Å². The summed E-state index contributed by atoms with van der Waals surface area (Å²) in [6, 6.07) is 8.20. The molecule has 0 atom stereocenters. The van der Waals surface area contributed by atoms with Crippen LogP contribution in [-0.2, 0) is 19.4 Å². The van der Waals surface area contributed by atoms with Crippen LogP contribution in [0.4, 0.5) is 15.8 Å². The highest BCUT2D eigenvalue weighted by atomic mass is 35.5. The predicted octanol–water partition coefficient (Wildman–Crippen LogP) is 3.33. The summed E-state index contributed by atoms with van der Waals surface area (Å²) in [4.78, 5) is 24.2. The third-order valence-electron chi connectivity index (χ3n) is 3.75. The van der Waals surface area contributed by atoms with Crippen molar-refractivity contribution in [3.63, 3.8) is 0 Å². The van der Waals surface area contributed by atoms with Gasteiger partial charge in [0.05, 0.1) is 27.8 Å². The number of halogens is 2. The van der Waals surface area contributed by atoms with Gasteiger partial charge in [-0.05, 0) is 36.4 Å². The minimum atomic E-state index is -3.75. The smallest absolute Gasteiger partial charge is 0.234 e. The van der Waals surface area contributed by atoms with Gasteiger partial charge in [0.2, 0.25) is 11.8 Å². The number of thioether (sulfide) groups is 1. The highest BCUT2D eigenvalue weighted by Crippen LogP contribution is 2.33. The third kappa shape index (κ3) is 4.79. The number of hydrogen-bond donors (Lipinski definition) is 2. The minimum absolute atomic E-state index is 0.00882. The number of anilines is 2. The fourth-order valence-corrected chi connectivity index (χ4v) is 4.61. The first-order valence-corrected chi connectivity index (χ1v) is 10.8. The van der Waals surface area contributed by atoms with Crippen molar-refractivity contribution in [1.82, 2.24) is 0 Å². The van der Waals surface area contributed by atoms with E-state index in [4.69, 9.17) is 11.6 Å². The van der Waals surface area contributed by atoms with Gasteiger partial charge in [-0.3, -0.25) is 9.59 Å². The zero-order chi connectivity index (χ0) is 19.6. The molecule has 1 heterocycles. The topological polar surface area (TPSA) is 92.3 Å². The van der Waals surface area contributed by atoms with Crippen LogP contribution in [0.3, 0.4) is 0 Å². The molecule has 0 saturated carbocycles. The van der Waals surface area contributed by atoms with Crippen molar-refractivity contribution in [1.29, 1.82) is 0 Å². The Bertz CT molecular complexity index is 1030. The van der Waals surface area contributed by atoms with Crippen LogP contribution in [0.15, 0.2) is 46.2 Å². The molecule has 0 fully saturated rings. The van der Waals surface area contributed by atoms with Gasteiger partial charge in [0.1, 0.15) is 5.82 Å². The maximum absolute atomic E-state index is 13.7. The van der Waals surface area contributed by atoms with Gasteiger partial charge in [0.15, 0.2) is 9.84 Å². The summed E-state index contributed by atoms with van der Waals surface area (Å²) in [5.74, 6) is -1.72. The molecule has 6 nitrogen and oxygen atoms in total. The zero-order valence-corrected chi connectivity index (χ0v) is 16.2. The van der Waals surface area contributed by atoms with Crippen LogP contribution in [0.5, 0.6) is 0 Å². The van der Waals surface area contributed by atoms with E-state index in [0.29, 0.717) is 5.69 Å². The van der Waals surface area contributed by atoms with Crippen LogP contribution in [0.25, 0.3) is 0 Å². The maximum Gasteiger partial charge on any atom is 0.234 e. The van der Waals surface area contributed by atoms with Crippen molar-refractivity contribution in [3.8, 4) is 0 Å². The minimum Gasteiger partial charge on any atom is -0.324 e. The number of benzene rings is 2. The fourth-order valence-electron chi connectivity index (χ4n) is 2.40. The number of sulfone groups is 1. The quantitative estimate of drug-likeness (QED) is 0.762. The lowest BCUT2D eigenvalue weighted by Gasteiger charge is -2.17. The van der Waals surface area contributed by atoms with E-state index in [9.17, 15) is 22.4 Å². The number of carbonyl (C=O) groups excluding carboxylic acids is 2. The molecule has 1 aliphatic rings. The van der Waals surface area contributed by atoms with Gasteiger partial charge in [0, 0.05) is 16.3 Å². The fraction of sp³-hybridized carbons (Fsp3) is 0.176. The van der Waals surface area contributed by atoms with Crippen molar-refractivity contribution in [3.05, 3.63) is 47.2 Å². The molecular weight excluding hydrogens is 415 g/mol. The molecule has 1 aliphatic heterocycles. The molecule has 0 bridgehead atoms. The molecule has 142 valence electrons. The lowest BCUT2D eigenvalue weighted by atomic mass is 10.3. The number of fused-ring (bicyclic) bond motifs is 1. The van der Waals surface area contributed by atoms with Crippen LogP contribution in [0.1, 0.15) is 6.42 Å². The first kappa shape index (κ1) is 19.7. The van der Waals surface area contributed by atoms with Gasteiger partial charge >= 0.3 is 0 Å². The molecule has 0 aromatic heterocycles. The van der Waals surface area contributed by atoms with Crippen LogP contribution in [-0.4, -0.2) is 31.7 Å². The Labute approximate surface area is 164 Å². The Morgan fingerprint density at radius 1 is 1.26 bits per heavy atom.